The zero-order valence-corrected chi connectivity index (χ0v) is 13.8. The van der Waals surface area contributed by atoms with Crippen LogP contribution >= 0.6 is 0 Å². The van der Waals surface area contributed by atoms with Crippen molar-refractivity contribution in [2.24, 2.45) is 0 Å². The average molecular weight is 338 g/mol. The molecule has 6 nitrogen and oxygen atoms in total. The number of carbonyl (C=O) groups excluding carboxylic acids is 3. The van der Waals surface area contributed by atoms with Gasteiger partial charge in [0.05, 0.1) is 12.8 Å². The maximum absolute atomic E-state index is 12.4. The molecule has 128 valence electrons. The summed E-state index contributed by atoms with van der Waals surface area (Å²) in [5, 5.41) is 2.82. The number of ether oxygens (including phenoxy) is 1. The van der Waals surface area contributed by atoms with Crippen molar-refractivity contribution in [1.82, 2.24) is 5.32 Å². The largest absolute Gasteiger partial charge is 0.496 e. The summed E-state index contributed by atoms with van der Waals surface area (Å²) in [5.74, 6) is -0.0650. The molecule has 0 aliphatic carbocycles. The summed E-state index contributed by atoms with van der Waals surface area (Å²) in [6, 6.07) is 13.9. The van der Waals surface area contributed by atoms with Crippen LogP contribution in [0.25, 0.3) is 0 Å². The monoisotopic (exact) mass is 338 g/mol. The summed E-state index contributed by atoms with van der Waals surface area (Å²) in [7, 11) is 1.58. The minimum absolute atomic E-state index is 0.211. The number of nitrogens with zero attached hydrogens (tertiary/aromatic N) is 1. The van der Waals surface area contributed by atoms with E-state index < -0.39 is 0 Å². The van der Waals surface area contributed by atoms with E-state index >= 15 is 0 Å². The van der Waals surface area contributed by atoms with Gasteiger partial charge in [-0.3, -0.25) is 19.3 Å². The van der Waals surface area contributed by atoms with Crippen LogP contribution in [0.2, 0.25) is 0 Å². The quantitative estimate of drug-likeness (QED) is 0.849. The fourth-order valence-corrected chi connectivity index (χ4v) is 2.78. The van der Waals surface area contributed by atoms with Gasteiger partial charge < -0.3 is 10.1 Å². The lowest BCUT2D eigenvalue weighted by atomic mass is 10.1. The van der Waals surface area contributed by atoms with Crippen molar-refractivity contribution in [2.45, 2.75) is 19.4 Å². The third kappa shape index (κ3) is 3.52. The van der Waals surface area contributed by atoms with E-state index in [2.05, 4.69) is 5.32 Å². The second-order valence-corrected chi connectivity index (χ2v) is 5.67. The molecule has 0 radical (unpaired) electrons. The van der Waals surface area contributed by atoms with Gasteiger partial charge in [-0.25, -0.2) is 0 Å². The van der Waals surface area contributed by atoms with E-state index in [-0.39, 0.29) is 30.6 Å². The van der Waals surface area contributed by atoms with Crippen LogP contribution in [0.15, 0.2) is 48.5 Å². The molecule has 2 aromatic rings. The fraction of sp³-hybridized carbons (Fsp3) is 0.211. The van der Waals surface area contributed by atoms with Gasteiger partial charge in [-0.05, 0) is 24.3 Å². The summed E-state index contributed by atoms with van der Waals surface area (Å²) in [6.07, 6.45) is 0.423. The molecule has 0 bridgehead atoms. The number of methoxy groups -OCH3 is 1. The van der Waals surface area contributed by atoms with Crippen molar-refractivity contribution in [3.05, 3.63) is 59.7 Å². The van der Waals surface area contributed by atoms with Crippen LogP contribution in [-0.2, 0) is 16.1 Å². The Morgan fingerprint density at radius 2 is 1.80 bits per heavy atom. The van der Waals surface area contributed by atoms with Crippen molar-refractivity contribution in [3.8, 4) is 5.75 Å². The Labute approximate surface area is 145 Å². The molecule has 25 heavy (non-hydrogen) atoms. The Balaban J connectivity index is 1.73. The first kappa shape index (κ1) is 16.7. The minimum Gasteiger partial charge on any atom is -0.496 e. The van der Waals surface area contributed by atoms with Crippen LogP contribution in [0, 0.1) is 0 Å². The Morgan fingerprint density at radius 3 is 2.52 bits per heavy atom. The van der Waals surface area contributed by atoms with Gasteiger partial charge in [0.25, 0.3) is 5.91 Å². The number of hydrogen-bond acceptors (Lipinski definition) is 4. The first-order chi connectivity index (χ1) is 12.1. The van der Waals surface area contributed by atoms with E-state index in [0.29, 0.717) is 23.5 Å². The number of hydrogen-bond donors (Lipinski definition) is 1. The topological polar surface area (TPSA) is 75.7 Å². The molecule has 1 heterocycles. The van der Waals surface area contributed by atoms with E-state index in [9.17, 15) is 14.4 Å². The Bertz CT molecular complexity index is 816. The standard InChI is InChI=1S/C19H18N2O4/c1-25-16-8-3-2-5-14(16)12-20-19(24)13-6-4-7-15(11-13)21-17(22)9-10-18(21)23/h2-8,11H,9-10,12H2,1H3,(H,20,24). The number of para-hydroxylation sites is 1. The number of amides is 3. The van der Waals surface area contributed by atoms with E-state index in [0.717, 1.165) is 10.5 Å². The van der Waals surface area contributed by atoms with Crippen molar-refractivity contribution in [3.63, 3.8) is 0 Å². The second-order valence-electron chi connectivity index (χ2n) is 5.67. The van der Waals surface area contributed by atoms with Gasteiger partial charge in [0.1, 0.15) is 5.75 Å². The molecule has 1 N–H and O–H groups in total. The van der Waals surface area contributed by atoms with Crippen LogP contribution in [0.5, 0.6) is 5.75 Å². The van der Waals surface area contributed by atoms with Gasteiger partial charge in [-0.15, -0.1) is 0 Å². The second kappa shape index (κ2) is 7.17. The maximum atomic E-state index is 12.4. The summed E-state index contributed by atoms with van der Waals surface area (Å²) in [4.78, 5) is 37.2. The van der Waals surface area contributed by atoms with E-state index in [1.165, 1.54) is 0 Å². The van der Waals surface area contributed by atoms with Gasteiger partial charge in [0, 0.05) is 30.5 Å². The zero-order valence-electron chi connectivity index (χ0n) is 13.8. The first-order valence-corrected chi connectivity index (χ1v) is 7.96. The molecule has 6 heteroatoms. The van der Waals surface area contributed by atoms with Gasteiger partial charge >= 0.3 is 0 Å². The van der Waals surface area contributed by atoms with Gasteiger partial charge in [-0.1, -0.05) is 24.3 Å². The lowest BCUT2D eigenvalue weighted by Crippen LogP contribution is -2.29. The van der Waals surface area contributed by atoms with Crippen LogP contribution in [0.1, 0.15) is 28.8 Å². The third-order valence-electron chi connectivity index (χ3n) is 4.05. The van der Waals surface area contributed by atoms with E-state index in [4.69, 9.17) is 4.74 Å². The van der Waals surface area contributed by atoms with Crippen LogP contribution in [-0.4, -0.2) is 24.8 Å². The average Bonchev–Trinajstić information content (AvgIpc) is 2.98. The van der Waals surface area contributed by atoms with Crippen LogP contribution in [0.4, 0.5) is 5.69 Å². The number of carbonyl (C=O) groups is 3. The van der Waals surface area contributed by atoms with Gasteiger partial charge in [0.15, 0.2) is 0 Å². The number of benzene rings is 2. The van der Waals surface area contributed by atoms with Crippen molar-refractivity contribution < 1.29 is 19.1 Å². The molecule has 1 saturated heterocycles. The molecular formula is C19H18N2O4. The molecular weight excluding hydrogens is 320 g/mol. The molecule has 1 fully saturated rings. The Hall–Kier alpha value is -3.15. The molecule has 0 saturated carbocycles. The highest BCUT2D eigenvalue weighted by molar-refractivity contribution is 6.20. The highest BCUT2D eigenvalue weighted by Crippen LogP contribution is 2.23. The molecule has 3 amide bonds. The van der Waals surface area contributed by atoms with Gasteiger partial charge in [-0.2, -0.15) is 0 Å². The molecule has 1 aliphatic heterocycles. The van der Waals surface area contributed by atoms with E-state index in [1.54, 1.807) is 31.4 Å². The number of imide groups is 1. The minimum atomic E-state index is -0.285. The fourth-order valence-electron chi connectivity index (χ4n) is 2.78. The summed E-state index contributed by atoms with van der Waals surface area (Å²) < 4.78 is 5.26. The maximum Gasteiger partial charge on any atom is 0.251 e. The molecule has 1 aliphatic rings. The molecule has 0 atom stereocenters. The van der Waals surface area contributed by atoms with Crippen LogP contribution in [0.3, 0.4) is 0 Å². The number of anilines is 1. The molecule has 2 aromatic carbocycles. The Morgan fingerprint density at radius 1 is 1.08 bits per heavy atom. The lowest BCUT2D eigenvalue weighted by Gasteiger charge is -2.15. The molecule has 3 rings (SSSR count). The number of rotatable bonds is 5. The normalized spacial score (nSPS) is 13.9. The predicted octanol–water partition coefficient (Wildman–Crippen LogP) is 2.28. The predicted molar refractivity (Wildman–Crippen MR) is 92.3 cm³/mol. The lowest BCUT2D eigenvalue weighted by molar-refractivity contribution is -0.121. The van der Waals surface area contributed by atoms with Gasteiger partial charge in [0.2, 0.25) is 11.8 Å². The first-order valence-electron chi connectivity index (χ1n) is 7.96. The van der Waals surface area contributed by atoms with Crippen molar-refractivity contribution in [2.75, 3.05) is 12.0 Å². The molecule has 0 aromatic heterocycles. The summed E-state index contributed by atoms with van der Waals surface area (Å²) >= 11 is 0. The van der Waals surface area contributed by atoms with Crippen molar-refractivity contribution in [1.29, 1.82) is 0 Å². The van der Waals surface area contributed by atoms with E-state index in [1.807, 2.05) is 24.3 Å². The smallest absolute Gasteiger partial charge is 0.251 e. The SMILES string of the molecule is COc1ccccc1CNC(=O)c1cccc(N2C(=O)CCC2=O)c1. The zero-order chi connectivity index (χ0) is 17.8. The van der Waals surface area contributed by atoms with Crippen molar-refractivity contribution >= 4 is 23.4 Å². The molecule has 0 spiro atoms. The number of nitrogens with one attached hydrogen (secondary N) is 1. The summed E-state index contributed by atoms with van der Waals surface area (Å²) in [6.45, 7) is 0.314. The highest BCUT2D eigenvalue weighted by atomic mass is 16.5. The third-order valence-corrected chi connectivity index (χ3v) is 4.05. The highest BCUT2D eigenvalue weighted by Gasteiger charge is 2.30. The molecule has 0 unspecified atom stereocenters. The Kier molecular flexibility index (Phi) is 4.79. The summed E-state index contributed by atoms with van der Waals surface area (Å²) in [5.41, 5.74) is 1.68. The van der Waals surface area contributed by atoms with Crippen LogP contribution < -0.4 is 15.0 Å².